The maximum Gasteiger partial charge on any atom is 0.155 e. The third-order valence-corrected chi connectivity index (χ3v) is 8.02. The summed E-state index contributed by atoms with van der Waals surface area (Å²) < 4.78 is 0. The summed E-state index contributed by atoms with van der Waals surface area (Å²) in [6, 6.07) is 0. The van der Waals surface area contributed by atoms with E-state index < -0.39 is 5.60 Å². The van der Waals surface area contributed by atoms with E-state index in [-0.39, 0.29) is 5.41 Å². The predicted molar refractivity (Wildman–Crippen MR) is 90.5 cm³/mol. The molecule has 0 saturated heterocycles. The number of aliphatic hydroxyl groups is 1. The van der Waals surface area contributed by atoms with Gasteiger partial charge in [-0.3, -0.25) is 4.79 Å². The van der Waals surface area contributed by atoms with Crippen molar-refractivity contribution in [3.05, 3.63) is 11.6 Å². The van der Waals surface area contributed by atoms with Gasteiger partial charge in [-0.25, -0.2) is 0 Å². The molecule has 0 heterocycles. The number of fused-ring (bicyclic) bond motifs is 5. The summed E-state index contributed by atoms with van der Waals surface area (Å²) in [7, 11) is 0. The number of hydrogen-bond acceptors (Lipinski definition) is 2. The molecule has 0 aromatic heterocycles. The van der Waals surface area contributed by atoms with Crippen molar-refractivity contribution in [2.45, 2.75) is 70.3 Å². The number of rotatable bonds is 1. The SMILES string of the molecule is C#C[C@]1(O)CCC2C3CCC4=CC(=O)CCC4C3CCC21CC. The topological polar surface area (TPSA) is 37.3 Å². The number of carbonyl (C=O) groups is 1. The lowest BCUT2D eigenvalue weighted by molar-refractivity contribution is -0.117. The Kier molecular flexibility index (Phi) is 3.50. The van der Waals surface area contributed by atoms with E-state index >= 15 is 0 Å². The van der Waals surface area contributed by atoms with Crippen molar-refractivity contribution < 1.29 is 9.90 Å². The van der Waals surface area contributed by atoms with Crippen LogP contribution >= 0.6 is 0 Å². The Morgan fingerprint density at radius 1 is 1.22 bits per heavy atom. The van der Waals surface area contributed by atoms with E-state index in [0.717, 1.165) is 44.9 Å². The summed E-state index contributed by atoms with van der Waals surface area (Å²) in [6.07, 6.45) is 16.9. The molecule has 1 N–H and O–H groups in total. The summed E-state index contributed by atoms with van der Waals surface area (Å²) in [4.78, 5) is 11.8. The minimum Gasteiger partial charge on any atom is -0.377 e. The van der Waals surface area contributed by atoms with Crippen LogP contribution in [0.5, 0.6) is 0 Å². The molecule has 0 amide bonds. The van der Waals surface area contributed by atoms with Crippen LogP contribution in [0.1, 0.15) is 64.7 Å². The van der Waals surface area contributed by atoms with Crippen LogP contribution in [-0.4, -0.2) is 16.5 Å². The van der Waals surface area contributed by atoms with Crippen molar-refractivity contribution >= 4 is 5.78 Å². The molecule has 4 aliphatic rings. The zero-order valence-electron chi connectivity index (χ0n) is 14.2. The summed E-state index contributed by atoms with van der Waals surface area (Å²) in [5, 5.41) is 11.1. The van der Waals surface area contributed by atoms with Gasteiger partial charge in [-0.2, -0.15) is 0 Å². The zero-order valence-corrected chi connectivity index (χ0v) is 14.2. The van der Waals surface area contributed by atoms with Gasteiger partial charge in [0, 0.05) is 11.8 Å². The van der Waals surface area contributed by atoms with Crippen molar-refractivity contribution in [2.75, 3.05) is 0 Å². The van der Waals surface area contributed by atoms with Gasteiger partial charge in [0.25, 0.3) is 0 Å². The van der Waals surface area contributed by atoms with Crippen LogP contribution in [-0.2, 0) is 4.79 Å². The van der Waals surface area contributed by atoms with E-state index in [1.54, 1.807) is 0 Å². The Labute approximate surface area is 139 Å². The minimum atomic E-state index is -0.893. The molecule has 5 unspecified atom stereocenters. The predicted octanol–water partition coefficient (Wildman–Crippen LogP) is 3.88. The normalized spacial score (nSPS) is 48.7. The number of carbonyl (C=O) groups excluding carboxylic acids is 1. The fraction of sp³-hybridized carbons (Fsp3) is 0.762. The minimum absolute atomic E-state index is 0.0609. The Bertz CT molecular complexity index is 597. The first-order chi connectivity index (χ1) is 11.0. The van der Waals surface area contributed by atoms with Crippen molar-refractivity contribution in [1.29, 1.82) is 0 Å². The average molecular weight is 312 g/mol. The number of ketones is 1. The average Bonchev–Trinajstić information content (AvgIpc) is 2.88. The quantitative estimate of drug-likeness (QED) is 0.746. The van der Waals surface area contributed by atoms with Gasteiger partial charge in [0.15, 0.2) is 5.78 Å². The molecule has 0 radical (unpaired) electrons. The third kappa shape index (κ3) is 1.96. The summed E-state index contributed by atoms with van der Waals surface area (Å²) in [6.45, 7) is 2.22. The van der Waals surface area contributed by atoms with Crippen molar-refractivity contribution in [3.63, 3.8) is 0 Å². The Morgan fingerprint density at radius 2 is 2.04 bits per heavy atom. The van der Waals surface area contributed by atoms with Gasteiger partial charge in [0.2, 0.25) is 0 Å². The first-order valence-corrected chi connectivity index (χ1v) is 9.48. The molecule has 0 spiro atoms. The van der Waals surface area contributed by atoms with Gasteiger partial charge in [-0.1, -0.05) is 18.4 Å². The van der Waals surface area contributed by atoms with Crippen LogP contribution in [0.15, 0.2) is 11.6 Å². The lowest BCUT2D eigenvalue weighted by Gasteiger charge is -2.55. The second-order valence-electron chi connectivity index (χ2n) is 8.40. The van der Waals surface area contributed by atoms with Gasteiger partial charge < -0.3 is 5.11 Å². The van der Waals surface area contributed by atoms with Crippen LogP contribution in [0, 0.1) is 41.4 Å². The van der Waals surface area contributed by atoms with Crippen LogP contribution < -0.4 is 0 Å². The van der Waals surface area contributed by atoms with Crippen molar-refractivity contribution in [3.8, 4) is 12.3 Å². The largest absolute Gasteiger partial charge is 0.377 e. The first-order valence-electron chi connectivity index (χ1n) is 9.48. The molecule has 4 aliphatic carbocycles. The lowest BCUT2D eigenvalue weighted by Crippen LogP contribution is -2.53. The summed E-state index contributed by atoms with van der Waals surface area (Å²) in [5.74, 6) is 5.73. The maximum absolute atomic E-state index is 11.8. The molecule has 2 heteroatoms. The fourth-order valence-corrected chi connectivity index (χ4v) is 6.96. The van der Waals surface area contributed by atoms with Crippen molar-refractivity contribution in [1.82, 2.24) is 0 Å². The standard InChI is InChI=1S/C21H28O2/c1-3-20-11-9-17-16-8-6-15(22)13-14(16)5-7-18(17)19(20)10-12-21(20,23)4-2/h2,13,16-19,23H,3,5-12H2,1H3/t16?,17?,18?,19?,20?,21-/m0/s1. The van der Waals surface area contributed by atoms with Gasteiger partial charge >= 0.3 is 0 Å². The monoisotopic (exact) mass is 312 g/mol. The molecule has 23 heavy (non-hydrogen) atoms. The van der Waals surface area contributed by atoms with Crippen molar-refractivity contribution in [2.24, 2.45) is 29.1 Å². The molecule has 6 atom stereocenters. The maximum atomic E-state index is 11.8. The molecule has 3 fully saturated rings. The molecule has 0 aliphatic heterocycles. The molecule has 0 aromatic rings. The second-order valence-corrected chi connectivity index (χ2v) is 8.40. The van der Waals surface area contributed by atoms with Crippen LogP contribution in [0.3, 0.4) is 0 Å². The highest BCUT2D eigenvalue weighted by Crippen LogP contribution is 2.66. The number of allylic oxidation sites excluding steroid dienone is 1. The Balaban J connectivity index is 1.67. The van der Waals surface area contributed by atoms with Crippen LogP contribution in [0.2, 0.25) is 0 Å². The zero-order chi connectivity index (χ0) is 16.2. The van der Waals surface area contributed by atoms with Crippen LogP contribution in [0.25, 0.3) is 0 Å². The van der Waals surface area contributed by atoms with E-state index in [1.165, 1.54) is 18.4 Å². The Hall–Kier alpha value is -1.07. The van der Waals surface area contributed by atoms with E-state index in [1.807, 2.05) is 6.08 Å². The van der Waals surface area contributed by atoms with Gasteiger partial charge in [-0.05, 0) is 81.1 Å². The molecular formula is C21H28O2. The number of hydrogen-bond donors (Lipinski definition) is 1. The highest BCUT2D eigenvalue weighted by Gasteiger charge is 2.63. The smallest absolute Gasteiger partial charge is 0.155 e. The summed E-state index contributed by atoms with van der Waals surface area (Å²) >= 11 is 0. The molecule has 124 valence electrons. The molecule has 2 nitrogen and oxygen atoms in total. The third-order valence-electron chi connectivity index (χ3n) is 8.02. The molecule has 0 bridgehead atoms. The molecular weight excluding hydrogens is 284 g/mol. The molecule has 4 rings (SSSR count). The highest BCUT2D eigenvalue weighted by molar-refractivity contribution is 5.91. The highest BCUT2D eigenvalue weighted by atomic mass is 16.3. The van der Waals surface area contributed by atoms with Gasteiger partial charge in [0.1, 0.15) is 5.60 Å². The van der Waals surface area contributed by atoms with E-state index in [0.29, 0.717) is 29.5 Å². The lowest BCUT2D eigenvalue weighted by atomic mass is 9.49. The second kappa shape index (κ2) is 5.21. The number of terminal acetylenes is 1. The molecule has 0 aromatic carbocycles. The van der Waals surface area contributed by atoms with E-state index in [4.69, 9.17) is 6.42 Å². The first kappa shape index (κ1) is 15.5. The Morgan fingerprint density at radius 3 is 2.78 bits per heavy atom. The van der Waals surface area contributed by atoms with E-state index in [2.05, 4.69) is 12.8 Å². The van der Waals surface area contributed by atoms with Gasteiger partial charge in [-0.15, -0.1) is 6.42 Å². The van der Waals surface area contributed by atoms with Gasteiger partial charge in [0.05, 0.1) is 0 Å². The summed E-state index contributed by atoms with van der Waals surface area (Å²) in [5.41, 5.74) is 0.474. The molecule has 3 saturated carbocycles. The van der Waals surface area contributed by atoms with E-state index in [9.17, 15) is 9.90 Å². The fourth-order valence-electron chi connectivity index (χ4n) is 6.96. The van der Waals surface area contributed by atoms with Crippen LogP contribution in [0.4, 0.5) is 0 Å².